The Hall–Kier alpha value is -1.54. The Morgan fingerprint density at radius 2 is 1.56 bits per heavy atom. The highest BCUT2D eigenvalue weighted by molar-refractivity contribution is 7.25. The highest BCUT2D eigenvalue weighted by atomic mass is 32.1. The van der Waals surface area contributed by atoms with Crippen molar-refractivity contribution >= 4 is 37.2 Å². The molecule has 2 N–H and O–H groups in total. The van der Waals surface area contributed by atoms with Crippen LogP contribution in [0.4, 0.5) is 5.69 Å². The second kappa shape index (κ2) is 3.72. The van der Waals surface area contributed by atoms with Crippen LogP contribution in [0.25, 0.3) is 20.2 Å². The summed E-state index contributed by atoms with van der Waals surface area (Å²) >= 11 is 1.89. The number of benzene rings is 2. The van der Waals surface area contributed by atoms with Crippen molar-refractivity contribution < 1.29 is 0 Å². The lowest BCUT2D eigenvalue weighted by atomic mass is 9.90. The van der Waals surface area contributed by atoms with Crippen molar-refractivity contribution in [1.82, 2.24) is 0 Å². The molecule has 4 rings (SSSR count). The van der Waals surface area contributed by atoms with Crippen molar-refractivity contribution in [3.05, 3.63) is 41.5 Å². The molecule has 0 amide bonds. The van der Waals surface area contributed by atoms with Gasteiger partial charge in [-0.25, -0.2) is 0 Å². The molecule has 0 bridgehead atoms. The fourth-order valence-electron chi connectivity index (χ4n) is 3.02. The Labute approximate surface area is 110 Å². The zero-order valence-corrected chi connectivity index (χ0v) is 11.0. The molecule has 0 saturated heterocycles. The van der Waals surface area contributed by atoms with Crippen LogP contribution in [0.15, 0.2) is 30.3 Å². The predicted octanol–water partition coefficient (Wildman–Crippen LogP) is 4.52. The van der Waals surface area contributed by atoms with E-state index in [4.69, 9.17) is 5.73 Å². The van der Waals surface area contributed by atoms with E-state index >= 15 is 0 Å². The predicted molar refractivity (Wildman–Crippen MR) is 80.4 cm³/mol. The van der Waals surface area contributed by atoms with Crippen molar-refractivity contribution in [3.8, 4) is 0 Å². The summed E-state index contributed by atoms with van der Waals surface area (Å²) in [5.74, 6) is 0. The van der Waals surface area contributed by atoms with Gasteiger partial charge in [0, 0.05) is 25.9 Å². The summed E-state index contributed by atoms with van der Waals surface area (Å²) in [6.07, 6.45) is 5.17. The monoisotopic (exact) mass is 253 g/mol. The second-order valence-corrected chi connectivity index (χ2v) is 6.27. The van der Waals surface area contributed by atoms with E-state index in [1.165, 1.54) is 45.9 Å². The summed E-state index contributed by atoms with van der Waals surface area (Å²) in [4.78, 5) is 0. The van der Waals surface area contributed by atoms with Gasteiger partial charge in [0.1, 0.15) is 0 Å². The van der Waals surface area contributed by atoms with E-state index < -0.39 is 0 Å². The quantitative estimate of drug-likeness (QED) is 0.586. The van der Waals surface area contributed by atoms with E-state index in [2.05, 4.69) is 24.3 Å². The number of hydrogen-bond acceptors (Lipinski definition) is 2. The number of aryl methyl sites for hydroxylation is 2. The van der Waals surface area contributed by atoms with Crippen molar-refractivity contribution in [2.45, 2.75) is 25.7 Å². The van der Waals surface area contributed by atoms with Gasteiger partial charge in [0.15, 0.2) is 0 Å². The maximum absolute atomic E-state index is 5.92. The van der Waals surface area contributed by atoms with Crippen molar-refractivity contribution in [2.75, 3.05) is 5.73 Å². The summed E-state index contributed by atoms with van der Waals surface area (Å²) in [5, 5.41) is 2.71. The van der Waals surface area contributed by atoms with Crippen LogP contribution < -0.4 is 5.73 Å². The third-order valence-corrected chi connectivity index (χ3v) is 5.09. The molecular weight excluding hydrogens is 238 g/mol. The number of fused-ring (bicyclic) bond motifs is 4. The molecule has 0 aliphatic heterocycles. The first-order valence-electron chi connectivity index (χ1n) is 6.55. The lowest BCUT2D eigenvalue weighted by molar-refractivity contribution is 0.687. The van der Waals surface area contributed by atoms with Gasteiger partial charge >= 0.3 is 0 Å². The first kappa shape index (κ1) is 10.4. The van der Waals surface area contributed by atoms with Crippen LogP contribution in [0, 0.1) is 0 Å². The first-order chi connectivity index (χ1) is 8.81. The zero-order valence-electron chi connectivity index (χ0n) is 10.2. The molecule has 3 aromatic rings. The van der Waals surface area contributed by atoms with Gasteiger partial charge in [-0.05, 0) is 67.1 Å². The fraction of sp³-hybridized carbons (Fsp3) is 0.250. The fourth-order valence-corrected chi connectivity index (χ4v) is 4.16. The standard InChI is InChI=1S/C16H15NS/c17-12-5-6-15-14(9-12)13-7-10-3-1-2-4-11(10)8-16(13)18-15/h5-9H,1-4,17H2. The molecule has 2 heteroatoms. The molecule has 2 aromatic carbocycles. The molecule has 1 aliphatic carbocycles. The maximum atomic E-state index is 5.92. The highest BCUT2D eigenvalue weighted by Gasteiger charge is 2.13. The molecule has 0 spiro atoms. The summed E-state index contributed by atoms with van der Waals surface area (Å²) < 4.78 is 2.76. The Bertz CT molecular complexity index is 754. The number of thiophene rings is 1. The van der Waals surface area contributed by atoms with Crippen LogP contribution in [0.3, 0.4) is 0 Å². The van der Waals surface area contributed by atoms with Crippen LogP contribution in [0.5, 0.6) is 0 Å². The van der Waals surface area contributed by atoms with Crippen LogP contribution in [-0.4, -0.2) is 0 Å². The Morgan fingerprint density at radius 3 is 2.39 bits per heavy atom. The van der Waals surface area contributed by atoms with Crippen molar-refractivity contribution in [1.29, 1.82) is 0 Å². The average Bonchev–Trinajstić information content (AvgIpc) is 2.73. The topological polar surface area (TPSA) is 26.0 Å². The summed E-state index contributed by atoms with van der Waals surface area (Å²) in [6.45, 7) is 0. The smallest absolute Gasteiger partial charge is 0.0358 e. The highest BCUT2D eigenvalue weighted by Crippen LogP contribution is 2.37. The molecule has 0 radical (unpaired) electrons. The molecule has 0 saturated carbocycles. The third kappa shape index (κ3) is 1.45. The number of anilines is 1. The molecule has 0 fully saturated rings. The van der Waals surface area contributed by atoms with Gasteiger partial charge in [-0.15, -0.1) is 11.3 Å². The van der Waals surface area contributed by atoms with E-state index in [1.807, 2.05) is 17.4 Å². The Morgan fingerprint density at radius 1 is 0.833 bits per heavy atom. The lowest BCUT2D eigenvalue weighted by Crippen LogP contribution is -2.01. The van der Waals surface area contributed by atoms with Crippen molar-refractivity contribution in [3.63, 3.8) is 0 Å². The van der Waals surface area contributed by atoms with Gasteiger partial charge in [-0.1, -0.05) is 0 Å². The Kier molecular flexibility index (Phi) is 2.15. The van der Waals surface area contributed by atoms with Crippen molar-refractivity contribution in [2.24, 2.45) is 0 Å². The first-order valence-corrected chi connectivity index (χ1v) is 7.36. The number of nitrogen functional groups attached to an aromatic ring is 1. The molecular formula is C16H15NS. The summed E-state index contributed by atoms with van der Waals surface area (Å²) in [6, 6.07) is 11.1. The van der Waals surface area contributed by atoms with Crippen LogP contribution in [-0.2, 0) is 12.8 Å². The van der Waals surface area contributed by atoms with Crippen LogP contribution >= 0.6 is 11.3 Å². The number of hydrogen-bond donors (Lipinski definition) is 1. The minimum Gasteiger partial charge on any atom is -0.399 e. The van der Waals surface area contributed by atoms with E-state index in [-0.39, 0.29) is 0 Å². The van der Waals surface area contributed by atoms with Gasteiger partial charge in [-0.3, -0.25) is 0 Å². The largest absolute Gasteiger partial charge is 0.399 e. The minimum absolute atomic E-state index is 0.861. The average molecular weight is 253 g/mol. The van der Waals surface area contributed by atoms with Gasteiger partial charge in [-0.2, -0.15) is 0 Å². The molecule has 90 valence electrons. The molecule has 0 atom stereocenters. The maximum Gasteiger partial charge on any atom is 0.0358 e. The van der Waals surface area contributed by atoms with Gasteiger partial charge < -0.3 is 5.73 Å². The minimum atomic E-state index is 0.861. The molecule has 1 nitrogen and oxygen atoms in total. The van der Waals surface area contributed by atoms with Gasteiger partial charge in [0.25, 0.3) is 0 Å². The second-order valence-electron chi connectivity index (χ2n) is 5.18. The van der Waals surface area contributed by atoms with Gasteiger partial charge in [0.2, 0.25) is 0 Å². The number of nitrogens with two attached hydrogens (primary N) is 1. The summed E-state index contributed by atoms with van der Waals surface area (Å²) in [7, 11) is 0. The molecule has 1 heterocycles. The van der Waals surface area contributed by atoms with E-state index in [9.17, 15) is 0 Å². The molecule has 18 heavy (non-hydrogen) atoms. The number of rotatable bonds is 0. The Balaban J connectivity index is 2.10. The lowest BCUT2D eigenvalue weighted by Gasteiger charge is -2.15. The van der Waals surface area contributed by atoms with E-state index in [0.717, 1.165) is 5.69 Å². The summed E-state index contributed by atoms with van der Waals surface area (Å²) in [5.41, 5.74) is 9.89. The van der Waals surface area contributed by atoms with E-state index in [1.54, 1.807) is 11.1 Å². The zero-order chi connectivity index (χ0) is 12.1. The molecule has 1 aliphatic rings. The van der Waals surface area contributed by atoms with Crippen LogP contribution in [0.1, 0.15) is 24.0 Å². The molecule has 0 unspecified atom stereocenters. The van der Waals surface area contributed by atoms with Gasteiger partial charge in [0.05, 0.1) is 0 Å². The van der Waals surface area contributed by atoms with Crippen LogP contribution in [0.2, 0.25) is 0 Å². The van der Waals surface area contributed by atoms with E-state index in [0.29, 0.717) is 0 Å². The SMILES string of the molecule is Nc1ccc2sc3cc4c(cc3c2c1)CCCC4. The molecule has 1 aromatic heterocycles. The normalized spacial score (nSPS) is 15.1. The third-order valence-electron chi connectivity index (χ3n) is 3.96.